The molecule has 2 atom stereocenters. The van der Waals surface area contributed by atoms with Crippen LogP contribution in [0.2, 0.25) is 5.02 Å². The summed E-state index contributed by atoms with van der Waals surface area (Å²) in [7, 11) is 0. The molecule has 0 aromatic heterocycles. The van der Waals surface area contributed by atoms with Gasteiger partial charge in [0.1, 0.15) is 5.82 Å². The van der Waals surface area contributed by atoms with Gasteiger partial charge in [-0.1, -0.05) is 17.7 Å². The predicted octanol–water partition coefficient (Wildman–Crippen LogP) is 2.65. The molecule has 2 aliphatic rings. The maximum atomic E-state index is 13.3. The monoisotopic (exact) mass is 311 g/mol. The lowest BCUT2D eigenvalue weighted by Crippen LogP contribution is -2.40. The molecule has 2 saturated heterocycles. The van der Waals surface area contributed by atoms with E-state index in [-0.39, 0.29) is 11.9 Å². The minimum absolute atomic E-state index is 0.0821. The molecular weight excluding hydrogens is 289 g/mol. The van der Waals surface area contributed by atoms with E-state index in [2.05, 4.69) is 9.80 Å². The highest BCUT2D eigenvalue weighted by Gasteiger charge is 2.32. The number of nitrogens with two attached hydrogens (primary N) is 1. The normalized spacial score (nSPS) is 25.6. The first-order valence-electron chi connectivity index (χ1n) is 7.82. The summed E-state index contributed by atoms with van der Waals surface area (Å²) >= 11 is 6.24. The van der Waals surface area contributed by atoms with Crippen LogP contribution in [0.25, 0.3) is 0 Å². The molecule has 3 rings (SSSR count). The van der Waals surface area contributed by atoms with E-state index in [4.69, 9.17) is 17.3 Å². The van der Waals surface area contributed by atoms with Crippen LogP contribution in [0, 0.1) is 5.82 Å². The molecule has 2 heterocycles. The Balaban J connectivity index is 1.81. The third-order valence-corrected chi connectivity index (χ3v) is 5.15. The lowest BCUT2D eigenvalue weighted by atomic mass is 10.0. The second-order valence-electron chi connectivity index (χ2n) is 6.10. The van der Waals surface area contributed by atoms with Crippen LogP contribution in [0.5, 0.6) is 0 Å². The van der Waals surface area contributed by atoms with Crippen molar-refractivity contribution < 1.29 is 4.39 Å². The maximum absolute atomic E-state index is 13.3. The number of nitrogens with zero attached hydrogens (tertiary/aromatic N) is 2. The van der Waals surface area contributed by atoms with Gasteiger partial charge in [0.15, 0.2) is 0 Å². The van der Waals surface area contributed by atoms with Gasteiger partial charge in [0.05, 0.1) is 0 Å². The minimum atomic E-state index is -0.294. The van der Waals surface area contributed by atoms with Gasteiger partial charge in [0.25, 0.3) is 0 Å². The van der Waals surface area contributed by atoms with Crippen LogP contribution in [0.3, 0.4) is 0 Å². The van der Waals surface area contributed by atoms with Crippen LogP contribution in [-0.4, -0.2) is 48.6 Å². The molecule has 116 valence electrons. The fraction of sp³-hybridized carbons (Fsp3) is 0.625. The summed E-state index contributed by atoms with van der Waals surface area (Å²) in [6.07, 6.45) is 3.72. The number of fused-ring (bicyclic) bond motifs is 1. The van der Waals surface area contributed by atoms with Gasteiger partial charge in [-0.05, 0) is 50.0 Å². The van der Waals surface area contributed by atoms with Crippen LogP contribution in [0.1, 0.15) is 30.9 Å². The fourth-order valence-corrected chi connectivity index (χ4v) is 4.06. The zero-order valence-corrected chi connectivity index (χ0v) is 13.0. The summed E-state index contributed by atoms with van der Waals surface area (Å²) in [6.45, 7) is 4.98. The van der Waals surface area contributed by atoms with E-state index in [1.807, 2.05) is 0 Å². The third-order valence-electron chi connectivity index (χ3n) is 4.82. The average molecular weight is 312 g/mol. The first-order chi connectivity index (χ1) is 10.2. The molecule has 0 aliphatic carbocycles. The van der Waals surface area contributed by atoms with Gasteiger partial charge < -0.3 is 5.73 Å². The summed E-state index contributed by atoms with van der Waals surface area (Å²) in [4.78, 5) is 5.04. The standard InChI is InChI=1S/C16H23ClFN3/c17-15-9-12(18)4-5-14(15)16(10-19)21-8-2-7-20-6-1-3-13(20)11-21/h4-5,9,13,16H,1-3,6-8,10-11,19H2. The van der Waals surface area contributed by atoms with E-state index in [0.717, 1.165) is 25.1 Å². The minimum Gasteiger partial charge on any atom is -0.329 e. The highest BCUT2D eigenvalue weighted by molar-refractivity contribution is 6.31. The topological polar surface area (TPSA) is 32.5 Å². The van der Waals surface area contributed by atoms with E-state index in [1.54, 1.807) is 6.07 Å². The number of rotatable bonds is 3. The molecule has 2 fully saturated rings. The molecule has 1 aromatic carbocycles. The predicted molar refractivity (Wildman–Crippen MR) is 84.0 cm³/mol. The van der Waals surface area contributed by atoms with Gasteiger partial charge in [-0.15, -0.1) is 0 Å². The summed E-state index contributed by atoms with van der Waals surface area (Å²) in [6, 6.07) is 5.37. The van der Waals surface area contributed by atoms with Crippen LogP contribution >= 0.6 is 11.6 Å². The van der Waals surface area contributed by atoms with Crippen LogP contribution < -0.4 is 5.73 Å². The van der Waals surface area contributed by atoms with Crippen LogP contribution in [0.15, 0.2) is 18.2 Å². The van der Waals surface area contributed by atoms with Crippen molar-refractivity contribution in [1.82, 2.24) is 9.80 Å². The fourth-order valence-electron chi connectivity index (χ4n) is 3.76. The molecule has 2 aliphatic heterocycles. The molecule has 5 heteroatoms. The summed E-state index contributed by atoms with van der Waals surface area (Å²) < 4.78 is 13.3. The third kappa shape index (κ3) is 3.24. The Morgan fingerprint density at radius 1 is 1.29 bits per heavy atom. The van der Waals surface area contributed by atoms with Gasteiger partial charge in [0, 0.05) is 36.7 Å². The maximum Gasteiger partial charge on any atom is 0.124 e. The Morgan fingerprint density at radius 3 is 2.86 bits per heavy atom. The quantitative estimate of drug-likeness (QED) is 0.931. The largest absolute Gasteiger partial charge is 0.329 e. The molecule has 3 nitrogen and oxygen atoms in total. The molecule has 0 saturated carbocycles. The lowest BCUT2D eigenvalue weighted by Gasteiger charge is -2.33. The van der Waals surface area contributed by atoms with Crippen LogP contribution in [0.4, 0.5) is 4.39 Å². The second kappa shape index (κ2) is 6.61. The molecule has 2 unspecified atom stereocenters. The van der Waals surface area contributed by atoms with Crippen molar-refractivity contribution >= 4 is 11.6 Å². The molecule has 0 spiro atoms. The van der Waals surface area contributed by atoms with Crippen molar-refractivity contribution in [2.24, 2.45) is 5.73 Å². The molecule has 0 amide bonds. The van der Waals surface area contributed by atoms with Gasteiger partial charge in [-0.3, -0.25) is 9.80 Å². The Kier molecular flexibility index (Phi) is 4.79. The number of hydrogen-bond acceptors (Lipinski definition) is 3. The highest BCUT2D eigenvalue weighted by Crippen LogP contribution is 2.31. The van der Waals surface area contributed by atoms with E-state index >= 15 is 0 Å². The Labute approximate surface area is 130 Å². The Hall–Kier alpha value is -0.680. The number of benzene rings is 1. The van der Waals surface area contributed by atoms with E-state index < -0.39 is 0 Å². The van der Waals surface area contributed by atoms with Crippen molar-refractivity contribution in [3.63, 3.8) is 0 Å². The number of halogens is 2. The molecule has 0 bridgehead atoms. The van der Waals surface area contributed by atoms with Gasteiger partial charge in [-0.25, -0.2) is 4.39 Å². The van der Waals surface area contributed by atoms with Crippen molar-refractivity contribution in [2.75, 3.05) is 32.7 Å². The zero-order valence-electron chi connectivity index (χ0n) is 12.3. The molecule has 0 radical (unpaired) electrons. The first-order valence-corrected chi connectivity index (χ1v) is 8.20. The highest BCUT2D eigenvalue weighted by atomic mass is 35.5. The number of hydrogen-bond donors (Lipinski definition) is 1. The molecule has 2 N–H and O–H groups in total. The average Bonchev–Trinajstić information content (AvgIpc) is 2.80. The van der Waals surface area contributed by atoms with Gasteiger partial charge >= 0.3 is 0 Å². The first kappa shape index (κ1) is 15.2. The zero-order chi connectivity index (χ0) is 14.8. The van der Waals surface area contributed by atoms with Gasteiger partial charge in [0.2, 0.25) is 0 Å². The van der Waals surface area contributed by atoms with Crippen molar-refractivity contribution in [1.29, 1.82) is 0 Å². The SMILES string of the molecule is NCC(c1ccc(F)cc1Cl)N1CCCN2CCCC2C1. The lowest BCUT2D eigenvalue weighted by molar-refractivity contribution is 0.176. The summed E-state index contributed by atoms with van der Waals surface area (Å²) in [5.74, 6) is -0.294. The van der Waals surface area contributed by atoms with Crippen LogP contribution in [-0.2, 0) is 0 Å². The Bertz CT molecular complexity index is 496. The van der Waals surface area contributed by atoms with Gasteiger partial charge in [-0.2, -0.15) is 0 Å². The Morgan fingerprint density at radius 2 is 2.10 bits per heavy atom. The molecule has 21 heavy (non-hydrogen) atoms. The molecular formula is C16H23ClFN3. The smallest absolute Gasteiger partial charge is 0.124 e. The van der Waals surface area contributed by atoms with E-state index in [1.165, 1.54) is 38.1 Å². The summed E-state index contributed by atoms with van der Waals surface area (Å²) in [5.41, 5.74) is 6.97. The van der Waals surface area contributed by atoms with Crippen molar-refractivity contribution in [3.05, 3.63) is 34.6 Å². The van der Waals surface area contributed by atoms with E-state index in [9.17, 15) is 4.39 Å². The van der Waals surface area contributed by atoms with E-state index in [0.29, 0.717) is 17.6 Å². The van der Waals surface area contributed by atoms with Crippen molar-refractivity contribution in [2.45, 2.75) is 31.3 Å². The molecule has 1 aromatic rings. The summed E-state index contributed by atoms with van der Waals surface area (Å²) in [5, 5.41) is 0.484. The second-order valence-corrected chi connectivity index (χ2v) is 6.51. The van der Waals surface area contributed by atoms with Crippen molar-refractivity contribution in [3.8, 4) is 0 Å².